The fraction of sp³-hybridized carbons (Fsp3) is 0.400. The molecule has 0 saturated heterocycles. The third-order valence-corrected chi connectivity index (χ3v) is 1.13. The average molecular weight is 167 g/mol. The molecule has 0 aromatic heterocycles. The van der Waals surface area contributed by atoms with Crippen LogP contribution in [0.3, 0.4) is 0 Å². The van der Waals surface area contributed by atoms with Crippen LogP contribution in [-0.2, 0) is 0 Å². The number of rotatable bonds is 3. The minimum atomic E-state index is 0.564. The van der Waals surface area contributed by atoms with Crippen LogP contribution in [0.15, 0.2) is 30.3 Å². The highest BCUT2D eigenvalue weighted by Gasteiger charge is 1.86. The van der Waals surface area contributed by atoms with E-state index in [1.54, 1.807) is 0 Å². The molecule has 0 unspecified atom stereocenters. The van der Waals surface area contributed by atoms with Gasteiger partial charge in [-0.1, -0.05) is 32.0 Å². The lowest BCUT2D eigenvalue weighted by molar-refractivity contribution is 0.328. The number of benzene rings is 1. The first-order valence-corrected chi connectivity index (χ1v) is 4.31. The van der Waals surface area contributed by atoms with Crippen LogP contribution < -0.4 is 10.5 Å². The summed E-state index contributed by atoms with van der Waals surface area (Å²) in [6.45, 7) is 5.15. The molecule has 0 bridgehead atoms. The van der Waals surface area contributed by atoms with Crippen molar-refractivity contribution in [2.75, 3.05) is 13.2 Å². The Hall–Kier alpha value is -1.02. The Morgan fingerprint density at radius 2 is 1.75 bits per heavy atom. The Kier molecular flexibility index (Phi) is 7.39. The zero-order valence-electron chi connectivity index (χ0n) is 7.79. The van der Waals surface area contributed by atoms with Gasteiger partial charge in [-0.3, -0.25) is 0 Å². The minimum Gasteiger partial charge on any atom is -0.492 e. The fourth-order valence-electron chi connectivity index (χ4n) is 0.693. The predicted octanol–water partition coefficient (Wildman–Crippen LogP) is 2.05. The molecule has 68 valence electrons. The molecule has 0 aliphatic carbocycles. The van der Waals surface area contributed by atoms with Crippen LogP contribution >= 0.6 is 0 Å². The van der Waals surface area contributed by atoms with Crippen LogP contribution in [0.2, 0.25) is 0 Å². The van der Waals surface area contributed by atoms with E-state index >= 15 is 0 Å². The SMILES string of the molecule is CC.NCCOc1ccccc1. The van der Waals surface area contributed by atoms with Gasteiger partial charge in [0.25, 0.3) is 0 Å². The summed E-state index contributed by atoms with van der Waals surface area (Å²) in [5.41, 5.74) is 5.25. The topological polar surface area (TPSA) is 35.2 Å². The molecule has 12 heavy (non-hydrogen) atoms. The number of hydrogen-bond acceptors (Lipinski definition) is 2. The van der Waals surface area contributed by atoms with E-state index in [1.807, 2.05) is 44.2 Å². The van der Waals surface area contributed by atoms with Gasteiger partial charge < -0.3 is 10.5 Å². The van der Waals surface area contributed by atoms with Crippen molar-refractivity contribution < 1.29 is 4.74 Å². The summed E-state index contributed by atoms with van der Waals surface area (Å²) in [6, 6.07) is 9.65. The molecular weight excluding hydrogens is 150 g/mol. The first-order chi connectivity index (χ1) is 5.93. The number of ether oxygens (including phenoxy) is 1. The number of para-hydroxylation sites is 1. The minimum absolute atomic E-state index is 0.564. The summed E-state index contributed by atoms with van der Waals surface area (Å²) in [7, 11) is 0. The van der Waals surface area contributed by atoms with Crippen LogP contribution in [0.1, 0.15) is 13.8 Å². The van der Waals surface area contributed by atoms with E-state index < -0.39 is 0 Å². The highest BCUT2D eigenvalue weighted by atomic mass is 16.5. The fourth-order valence-corrected chi connectivity index (χ4v) is 0.693. The standard InChI is InChI=1S/C8H11NO.C2H6/c9-6-7-10-8-4-2-1-3-5-8;1-2/h1-5H,6-7,9H2;1-2H3. The van der Waals surface area contributed by atoms with E-state index in [4.69, 9.17) is 10.5 Å². The average Bonchev–Trinajstić information content (AvgIpc) is 2.19. The second kappa shape index (κ2) is 8.08. The van der Waals surface area contributed by atoms with Gasteiger partial charge in [0.2, 0.25) is 0 Å². The molecule has 0 saturated carbocycles. The van der Waals surface area contributed by atoms with Gasteiger partial charge in [-0.25, -0.2) is 0 Å². The highest BCUT2D eigenvalue weighted by Crippen LogP contribution is 2.06. The molecule has 2 N–H and O–H groups in total. The van der Waals surface area contributed by atoms with Crippen molar-refractivity contribution in [1.82, 2.24) is 0 Å². The lowest BCUT2D eigenvalue weighted by Crippen LogP contribution is -2.10. The third-order valence-electron chi connectivity index (χ3n) is 1.13. The van der Waals surface area contributed by atoms with E-state index in [-0.39, 0.29) is 0 Å². The van der Waals surface area contributed by atoms with Crippen LogP contribution in [-0.4, -0.2) is 13.2 Å². The van der Waals surface area contributed by atoms with Crippen molar-refractivity contribution in [2.24, 2.45) is 5.73 Å². The van der Waals surface area contributed by atoms with E-state index in [0.717, 1.165) is 5.75 Å². The van der Waals surface area contributed by atoms with E-state index in [2.05, 4.69) is 0 Å². The quantitative estimate of drug-likeness (QED) is 0.747. The van der Waals surface area contributed by atoms with Gasteiger partial charge in [0.1, 0.15) is 12.4 Å². The zero-order chi connectivity index (χ0) is 9.23. The molecule has 1 aromatic rings. The molecule has 1 aromatic carbocycles. The summed E-state index contributed by atoms with van der Waals surface area (Å²) in [5, 5.41) is 0. The van der Waals surface area contributed by atoms with Crippen molar-refractivity contribution in [3.05, 3.63) is 30.3 Å². The maximum atomic E-state index is 5.25. The normalized spacial score (nSPS) is 8.25. The maximum Gasteiger partial charge on any atom is 0.119 e. The molecular formula is C10H17NO. The van der Waals surface area contributed by atoms with Crippen LogP contribution in [0.4, 0.5) is 0 Å². The monoisotopic (exact) mass is 167 g/mol. The zero-order valence-corrected chi connectivity index (χ0v) is 7.79. The van der Waals surface area contributed by atoms with Gasteiger partial charge in [0, 0.05) is 6.54 Å². The Morgan fingerprint density at radius 1 is 1.17 bits per heavy atom. The lowest BCUT2D eigenvalue weighted by atomic mass is 10.3. The van der Waals surface area contributed by atoms with Crippen molar-refractivity contribution in [3.8, 4) is 5.75 Å². The highest BCUT2D eigenvalue weighted by molar-refractivity contribution is 5.20. The summed E-state index contributed by atoms with van der Waals surface area (Å²) in [5.74, 6) is 0.882. The molecule has 2 nitrogen and oxygen atoms in total. The van der Waals surface area contributed by atoms with Gasteiger partial charge in [-0.05, 0) is 12.1 Å². The number of nitrogens with two attached hydrogens (primary N) is 1. The van der Waals surface area contributed by atoms with Gasteiger partial charge >= 0.3 is 0 Å². The summed E-state index contributed by atoms with van der Waals surface area (Å²) in [6.07, 6.45) is 0. The van der Waals surface area contributed by atoms with Gasteiger partial charge in [-0.15, -0.1) is 0 Å². The van der Waals surface area contributed by atoms with E-state index in [9.17, 15) is 0 Å². The van der Waals surface area contributed by atoms with Crippen molar-refractivity contribution in [1.29, 1.82) is 0 Å². The van der Waals surface area contributed by atoms with Crippen LogP contribution in [0, 0.1) is 0 Å². The Bertz CT molecular complexity index is 174. The molecule has 0 amide bonds. The number of hydrogen-bond donors (Lipinski definition) is 1. The second-order valence-electron chi connectivity index (χ2n) is 1.95. The molecule has 1 rings (SSSR count). The maximum absolute atomic E-state index is 5.25. The first-order valence-electron chi connectivity index (χ1n) is 4.31. The molecule has 0 heterocycles. The molecule has 0 radical (unpaired) electrons. The molecule has 0 aliphatic rings. The molecule has 0 fully saturated rings. The third kappa shape index (κ3) is 4.74. The first kappa shape index (κ1) is 11.0. The van der Waals surface area contributed by atoms with E-state index in [0.29, 0.717) is 13.2 Å². The summed E-state index contributed by atoms with van der Waals surface area (Å²) in [4.78, 5) is 0. The van der Waals surface area contributed by atoms with Crippen LogP contribution in [0.25, 0.3) is 0 Å². The second-order valence-corrected chi connectivity index (χ2v) is 1.95. The molecule has 0 spiro atoms. The predicted molar refractivity (Wildman–Crippen MR) is 52.3 cm³/mol. The van der Waals surface area contributed by atoms with Gasteiger partial charge in [0.15, 0.2) is 0 Å². The summed E-state index contributed by atoms with van der Waals surface area (Å²) < 4.78 is 5.23. The Balaban J connectivity index is 0.000000561. The largest absolute Gasteiger partial charge is 0.492 e. The molecule has 2 heteroatoms. The molecule has 0 atom stereocenters. The van der Waals surface area contributed by atoms with Crippen LogP contribution in [0.5, 0.6) is 5.75 Å². The van der Waals surface area contributed by atoms with Crippen molar-refractivity contribution >= 4 is 0 Å². The lowest BCUT2D eigenvalue weighted by Gasteiger charge is -2.01. The molecule has 0 aliphatic heterocycles. The smallest absolute Gasteiger partial charge is 0.119 e. The summed E-state index contributed by atoms with van der Waals surface area (Å²) >= 11 is 0. The van der Waals surface area contributed by atoms with Crippen molar-refractivity contribution in [2.45, 2.75) is 13.8 Å². The Morgan fingerprint density at radius 3 is 2.25 bits per heavy atom. The Labute approximate surface area is 74.4 Å². The van der Waals surface area contributed by atoms with E-state index in [1.165, 1.54) is 0 Å². The van der Waals surface area contributed by atoms with Gasteiger partial charge in [-0.2, -0.15) is 0 Å². The van der Waals surface area contributed by atoms with Crippen molar-refractivity contribution in [3.63, 3.8) is 0 Å². The van der Waals surface area contributed by atoms with Gasteiger partial charge in [0.05, 0.1) is 0 Å².